The van der Waals surface area contributed by atoms with E-state index in [0.29, 0.717) is 17.7 Å². The summed E-state index contributed by atoms with van der Waals surface area (Å²) >= 11 is 3.36. The van der Waals surface area contributed by atoms with Gasteiger partial charge in [0.15, 0.2) is 0 Å². The highest BCUT2D eigenvalue weighted by Gasteiger charge is 2.35. The molecule has 1 aromatic rings. The molecule has 1 amide bonds. The number of nitrogens with zero attached hydrogens (tertiary/aromatic N) is 2. The Morgan fingerprint density at radius 1 is 1.30 bits per heavy atom. The number of pyridine rings is 1. The first-order valence-corrected chi connectivity index (χ1v) is 8.16. The summed E-state index contributed by atoms with van der Waals surface area (Å²) < 4.78 is 0.908. The smallest absolute Gasteiger partial charge is 0.272 e. The van der Waals surface area contributed by atoms with E-state index >= 15 is 0 Å². The lowest BCUT2D eigenvalue weighted by molar-refractivity contribution is 0.0695. The van der Waals surface area contributed by atoms with Crippen LogP contribution in [-0.2, 0) is 0 Å². The summed E-state index contributed by atoms with van der Waals surface area (Å²) in [5.41, 5.74) is 0.564. The fourth-order valence-electron chi connectivity index (χ4n) is 2.78. The number of halogens is 1. The number of rotatable bonds is 4. The Labute approximate surface area is 128 Å². The molecule has 2 aliphatic rings. The number of carbonyl (C=O) groups excluding carboxylic acids is 1. The Balaban J connectivity index is 1.69. The molecule has 0 unspecified atom stereocenters. The van der Waals surface area contributed by atoms with Gasteiger partial charge in [-0.3, -0.25) is 4.79 Å². The van der Waals surface area contributed by atoms with Gasteiger partial charge in [0, 0.05) is 23.3 Å². The number of nitrogens with one attached hydrogen (secondary N) is 1. The van der Waals surface area contributed by atoms with Crippen LogP contribution in [0.15, 0.2) is 22.8 Å². The van der Waals surface area contributed by atoms with E-state index in [-0.39, 0.29) is 5.91 Å². The molecule has 3 rings (SSSR count). The number of hydrogen-bond acceptors (Lipinski definition) is 3. The molecule has 0 aromatic carbocycles. The van der Waals surface area contributed by atoms with Crippen LogP contribution < -0.4 is 5.32 Å². The maximum atomic E-state index is 12.6. The first kappa shape index (κ1) is 14.0. The number of piperidine rings is 1. The fraction of sp³-hybridized carbons (Fsp3) is 0.600. The van der Waals surface area contributed by atoms with Crippen LogP contribution >= 0.6 is 15.9 Å². The standard InChI is InChI=1S/C15H20BrN3O/c16-12-1-4-14(18-9-12)15(20)19(13-2-3-13)10-11-5-7-17-8-6-11/h1,4,9,11,13,17H,2-3,5-8,10H2. The Morgan fingerprint density at radius 2 is 2.05 bits per heavy atom. The van der Waals surface area contributed by atoms with Crippen LogP contribution in [0.2, 0.25) is 0 Å². The monoisotopic (exact) mass is 337 g/mol. The molecule has 1 saturated carbocycles. The highest BCUT2D eigenvalue weighted by Crippen LogP contribution is 2.30. The predicted octanol–water partition coefficient (Wildman–Crippen LogP) is 2.45. The van der Waals surface area contributed by atoms with E-state index in [4.69, 9.17) is 0 Å². The molecule has 4 nitrogen and oxygen atoms in total. The van der Waals surface area contributed by atoms with Crippen molar-refractivity contribution in [3.8, 4) is 0 Å². The highest BCUT2D eigenvalue weighted by atomic mass is 79.9. The van der Waals surface area contributed by atoms with Crippen molar-refractivity contribution in [3.05, 3.63) is 28.5 Å². The van der Waals surface area contributed by atoms with E-state index in [9.17, 15) is 4.79 Å². The summed E-state index contributed by atoms with van der Waals surface area (Å²) in [6.07, 6.45) is 6.33. The number of aromatic nitrogens is 1. The summed E-state index contributed by atoms with van der Waals surface area (Å²) in [4.78, 5) is 19.0. The molecule has 1 N–H and O–H groups in total. The van der Waals surface area contributed by atoms with Gasteiger partial charge in [-0.05, 0) is 72.8 Å². The fourth-order valence-corrected chi connectivity index (χ4v) is 3.01. The molecular weight excluding hydrogens is 318 g/mol. The SMILES string of the molecule is O=C(c1ccc(Br)cn1)N(CC1CCNCC1)C1CC1. The summed E-state index contributed by atoms with van der Waals surface area (Å²) in [5, 5.41) is 3.38. The maximum Gasteiger partial charge on any atom is 0.272 e. The summed E-state index contributed by atoms with van der Waals surface area (Å²) in [5.74, 6) is 0.731. The summed E-state index contributed by atoms with van der Waals surface area (Å²) in [6.45, 7) is 3.05. The van der Waals surface area contributed by atoms with Crippen LogP contribution in [0.5, 0.6) is 0 Å². The van der Waals surface area contributed by atoms with Gasteiger partial charge in [-0.2, -0.15) is 0 Å². The largest absolute Gasteiger partial charge is 0.334 e. The third-order valence-electron chi connectivity index (χ3n) is 4.11. The molecule has 5 heteroatoms. The topological polar surface area (TPSA) is 45.2 Å². The highest BCUT2D eigenvalue weighted by molar-refractivity contribution is 9.10. The predicted molar refractivity (Wildman–Crippen MR) is 81.6 cm³/mol. The second kappa shape index (κ2) is 6.22. The van der Waals surface area contributed by atoms with Gasteiger partial charge >= 0.3 is 0 Å². The Bertz CT molecular complexity index is 467. The van der Waals surface area contributed by atoms with Gasteiger partial charge in [0.05, 0.1) is 0 Å². The van der Waals surface area contributed by atoms with Crippen molar-refractivity contribution in [1.82, 2.24) is 15.2 Å². The number of hydrogen-bond donors (Lipinski definition) is 1. The molecule has 2 fully saturated rings. The third kappa shape index (κ3) is 3.38. The van der Waals surface area contributed by atoms with Crippen LogP contribution in [0.25, 0.3) is 0 Å². The Hall–Kier alpha value is -0.940. The van der Waals surface area contributed by atoms with Gasteiger partial charge in [0.25, 0.3) is 5.91 Å². The van der Waals surface area contributed by atoms with Gasteiger partial charge in [-0.25, -0.2) is 4.98 Å². The third-order valence-corrected chi connectivity index (χ3v) is 4.58. The Morgan fingerprint density at radius 3 is 2.65 bits per heavy atom. The summed E-state index contributed by atoms with van der Waals surface area (Å²) in [6, 6.07) is 4.14. The lowest BCUT2D eigenvalue weighted by Crippen LogP contribution is -2.40. The first-order chi connectivity index (χ1) is 9.74. The van der Waals surface area contributed by atoms with Crippen molar-refractivity contribution in [2.45, 2.75) is 31.7 Å². The molecule has 1 aromatic heterocycles. The molecule has 1 saturated heterocycles. The van der Waals surface area contributed by atoms with Crippen LogP contribution in [-0.4, -0.2) is 41.5 Å². The van der Waals surface area contributed by atoms with Crippen molar-refractivity contribution >= 4 is 21.8 Å². The zero-order valence-corrected chi connectivity index (χ0v) is 13.1. The molecule has 0 atom stereocenters. The minimum absolute atomic E-state index is 0.0959. The van der Waals surface area contributed by atoms with E-state index in [2.05, 4.69) is 31.1 Å². The van der Waals surface area contributed by atoms with E-state index in [1.807, 2.05) is 12.1 Å². The van der Waals surface area contributed by atoms with Gasteiger partial charge < -0.3 is 10.2 Å². The van der Waals surface area contributed by atoms with Crippen molar-refractivity contribution in [2.24, 2.45) is 5.92 Å². The average Bonchev–Trinajstić information content (AvgIpc) is 3.30. The van der Waals surface area contributed by atoms with E-state index in [1.54, 1.807) is 6.20 Å². The first-order valence-electron chi connectivity index (χ1n) is 7.37. The lowest BCUT2D eigenvalue weighted by atomic mass is 9.97. The summed E-state index contributed by atoms with van der Waals surface area (Å²) in [7, 11) is 0. The molecule has 0 radical (unpaired) electrons. The molecule has 1 aliphatic carbocycles. The van der Waals surface area contributed by atoms with Crippen molar-refractivity contribution in [2.75, 3.05) is 19.6 Å². The van der Waals surface area contributed by atoms with Gasteiger partial charge in [-0.1, -0.05) is 0 Å². The number of amides is 1. The van der Waals surface area contributed by atoms with E-state index in [0.717, 1.165) is 36.9 Å². The van der Waals surface area contributed by atoms with Crippen molar-refractivity contribution in [1.29, 1.82) is 0 Å². The van der Waals surface area contributed by atoms with E-state index < -0.39 is 0 Å². The van der Waals surface area contributed by atoms with Gasteiger partial charge in [-0.15, -0.1) is 0 Å². The van der Waals surface area contributed by atoms with Crippen LogP contribution in [0.4, 0.5) is 0 Å². The lowest BCUT2D eigenvalue weighted by Gasteiger charge is -2.30. The van der Waals surface area contributed by atoms with Gasteiger partial charge in [0.2, 0.25) is 0 Å². The van der Waals surface area contributed by atoms with Crippen molar-refractivity contribution < 1.29 is 4.79 Å². The maximum absolute atomic E-state index is 12.6. The molecule has 0 spiro atoms. The van der Waals surface area contributed by atoms with Crippen LogP contribution in [0.3, 0.4) is 0 Å². The van der Waals surface area contributed by atoms with E-state index in [1.165, 1.54) is 12.8 Å². The van der Waals surface area contributed by atoms with Gasteiger partial charge in [0.1, 0.15) is 5.69 Å². The molecule has 1 aliphatic heterocycles. The molecule has 108 valence electrons. The number of carbonyl (C=O) groups is 1. The normalized spacial score (nSPS) is 19.9. The Kier molecular flexibility index (Phi) is 4.36. The zero-order chi connectivity index (χ0) is 13.9. The second-order valence-electron chi connectivity index (χ2n) is 5.74. The molecule has 0 bridgehead atoms. The quantitative estimate of drug-likeness (QED) is 0.917. The second-order valence-corrected chi connectivity index (χ2v) is 6.66. The minimum Gasteiger partial charge on any atom is -0.334 e. The molecule has 2 heterocycles. The average molecular weight is 338 g/mol. The molecular formula is C15H20BrN3O. The van der Waals surface area contributed by atoms with Crippen LogP contribution in [0, 0.1) is 5.92 Å². The zero-order valence-electron chi connectivity index (χ0n) is 11.5. The van der Waals surface area contributed by atoms with Crippen LogP contribution in [0.1, 0.15) is 36.2 Å². The minimum atomic E-state index is 0.0959. The van der Waals surface area contributed by atoms with Crippen molar-refractivity contribution in [3.63, 3.8) is 0 Å². The molecule has 20 heavy (non-hydrogen) atoms.